The molecule has 0 bridgehead atoms. The normalized spacial score (nSPS) is 21.8. The summed E-state index contributed by atoms with van der Waals surface area (Å²) < 4.78 is 10.7. The first-order valence-corrected chi connectivity index (χ1v) is 8.50. The highest BCUT2D eigenvalue weighted by molar-refractivity contribution is 5.92. The Morgan fingerprint density at radius 3 is 2.40 bits per heavy atom. The van der Waals surface area contributed by atoms with E-state index in [4.69, 9.17) is 9.47 Å². The molecule has 3 rings (SSSR count). The van der Waals surface area contributed by atoms with E-state index >= 15 is 0 Å². The van der Waals surface area contributed by atoms with E-state index in [0.717, 1.165) is 41.5 Å². The van der Waals surface area contributed by atoms with E-state index in [-0.39, 0.29) is 16.9 Å². The summed E-state index contributed by atoms with van der Waals surface area (Å²) in [5.41, 5.74) is 3.87. The number of allylic oxidation sites excluding steroid dienone is 2. The van der Waals surface area contributed by atoms with Crippen molar-refractivity contribution in [3.63, 3.8) is 0 Å². The van der Waals surface area contributed by atoms with Crippen molar-refractivity contribution in [1.29, 1.82) is 0 Å². The predicted octanol–water partition coefficient (Wildman–Crippen LogP) is 3.34. The van der Waals surface area contributed by atoms with Gasteiger partial charge >= 0.3 is 11.9 Å². The molecule has 0 aliphatic heterocycles. The second-order valence-electron chi connectivity index (χ2n) is 7.01. The third-order valence-corrected chi connectivity index (χ3v) is 5.27. The van der Waals surface area contributed by atoms with Gasteiger partial charge in [-0.3, -0.25) is 14.4 Å². The lowest BCUT2D eigenvalue weighted by Crippen LogP contribution is -2.34. The van der Waals surface area contributed by atoms with Crippen molar-refractivity contribution in [3.05, 3.63) is 34.4 Å². The lowest BCUT2D eigenvalue weighted by molar-refractivity contribution is -0.134. The molecule has 132 valence electrons. The van der Waals surface area contributed by atoms with E-state index in [1.807, 2.05) is 13.0 Å². The zero-order valence-electron chi connectivity index (χ0n) is 15.0. The third-order valence-electron chi connectivity index (χ3n) is 5.27. The van der Waals surface area contributed by atoms with Crippen LogP contribution < -0.4 is 9.47 Å². The van der Waals surface area contributed by atoms with Crippen molar-refractivity contribution >= 4 is 17.7 Å². The fraction of sp³-hybridized carbons (Fsp3) is 0.450. The van der Waals surface area contributed by atoms with Gasteiger partial charge in [0.05, 0.1) is 0 Å². The fourth-order valence-electron chi connectivity index (χ4n) is 4.00. The first-order valence-electron chi connectivity index (χ1n) is 8.50. The number of esters is 2. The van der Waals surface area contributed by atoms with Crippen molar-refractivity contribution in [3.8, 4) is 11.5 Å². The van der Waals surface area contributed by atoms with Gasteiger partial charge in [-0.15, -0.1) is 0 Å². The molecular formula is C20H22O5. The van der Waals surface area contributed by atoms with Gasteiger partial charge in [0, 0.05) is 25.7 Å². The zero-order valence-corrected chi connectivity index (χ0v) is 15.0. The molecule has 0 heterocycles. The number of ether oxygens (including phenoxy) is 2. The number of hydrogen-bond acceptors (Lipinski definition) is 5. The molecule has 0 radical (unpaired) electrons. The van der Waals surface area contributed by atoms with Crippen LogP contribution in [-0.4, -0.2) is 17.7 Å². The van der Waals surface area contributed by atoms with Crippen LogP contribution >= 0.6 is 0 Å². The Morgan fingerprint density at radius 1 is 1.08 bits per heavy atom. The van der Waals surface area contributed by atoms with E-state index in [1.165, 1.54) is 13.8 Å². The van der Waals surface area contributed by atoms with Crippen molar-refractivity contribution in [2.45, 2.75) is 58.8 Å². The highest BCUT2D eigenvalue weighted by Gasteiger charge is 2.40. The number of carbonyl (C=O) groups excluding carboxylic acids is 3. The molecule has 0 saturated carbocycles. The minimum atomic E-state index is -0.469. The Labute approximate surface area is 147 Å². The Morgan fingerprint density at radius 2 is 1.76 bits per heavy atom. The number of fused-ring (bicyclic) bond motifs is 3. The Balaban J connectivity index is 2.21. The lowest BCUT2D eigenvalue weighted by Gasteiger charge is -2.41. The molecule has 2 aliphatic rings. The lowest BCUT2D eigenvalue weighted by atomic mass is 9.62. The van der Waals surface area contributed by atoms with Crippen LogP contribution in [-0.2, 0) is 26.2 Å². The van der Waals surface area contributed by atoms with Crippen LogP contribution in [0.25, 0.3) is 0 Å². The second-order valence-corrected chi connectivity index (χ2v) is 7.01. The number of hydrogen-bond donors (Lipinski definition) is 0. The molecule has 1 aromatic carbocycles. The summed E-state index contributed by atoms with van der Waals surface area (Å²) in [5.74, 6) is -0.183. The third kappa shape index (κ3) is 2.99. The van der Waals surface area contributed by atoms with Crippen LogP contribution in [0, 0.1) is 6.92 Å². The molecule has 1 unspecified atom stereocenters. The van der Waals surface area contributed by atoms with E-state index in [2.05, 4.69) is 6.92 Å². The molecule has 0 fully saturated rings. The minimum absolute atomic E-state index is 0.171. The first-order chi connectivity index (χ1) is 11.7. The molecule has 0 amide bonds. The van der Waals surface area contributed by atoms with E-state index in [9.17, 15) is 14.4 Å². The van der Waals surface area contributed by atoms with Crippen LogP contribution in [0.1, 0.15) is 56.7 Å². The minimum Gasteiger partial charge on any atom is -0.423 e. The summed E-state index contributed by atoms with van der Waals surface area (Å²) in [6.07, 6.45) is 4.59. The number of ketones is 1. The van der Waals surface area contributed by atoms with Gasteiger partial charge in [-0.2, -0.15) is 0 Å². The maximum absolute atomic E-state index is 11.8. The van der Waals surface area contributed by atoms with Gasteiger partial charge in [0.2, 0.25) is 0 Å². The Hall–Kier alpha value is -2.43. The summed E-state index contributed by atoms with van der Waals surface area (Å²) in [5, 5.41) is 0. The molecule has 0 aromatic heterocycles. The highest BCUT2D eigenvalue weighted by Crippen LogP contribution is 2.50. The summed E-state index contributed by atoms with van der Waals surface area (Å²) in [7, 11) is 0. The summed E-state index contributed by atoms with van der Waals surface area (Å²) in [6, 6.07) is 1.81. The standard InChI is InChI=1S/C20H22O5/c1-11-16-6-5-14-9-15(23)7-8-20(14,4)17(16)10-18(24-12(2)21)19(11)25-13(3)22/h9-10H,5-8H2,1-4H3. The van der Waals surface area contributed by atoms with Crippen LogP contribution in [0.5, 0.6) is 11.5 Å². The maximum atomic E-state index is 11.8. The molecule has 5 nitrogen and oxygen atoms in total. The quantitative estimate of drug-likeness (QED) is 0.609. The van der Waals surface area contributed by atoms with Crippen molar-refractivity contribution in [2.24, 2.45) is 0 Å². The first kappa shape index (κ1) is 17.4. The average Bonchev–Trinajstić information content (AvgIpc) is 2.51. The second kappa shape index (κ2) is 6.14. The SMILES string of the molecule is CC(=O)Oc1cc2c(c(C)c1OC(C)=O)CCC1=CC(=O)CCC12C. The Kier molecular flexibility index (Phi) is 4.27. The molecule has 1 aromatic rings. The zero-order chi connectivity index (χ0) is 18.4. The molecular weight excluding hydrogens is 320 g/mol. The van der Waals surface area contributed by atoms with Gasteiger partial charge in [0.25, 0.3) is 0 Å². The topological polar surface area (TPSA) is 69.7 Å². The monoisotopic (exact) mass is 342 g/mol. The summed E-state index contributed by atoms with van der Waals surface area (Å²) in [6.45, 7) is 6.66. The van der Waals surface area contributed by atoms with E-state index in [1.54, 1.807) is 6.08 Å². The molecule has 25 heavy (non-hydrogen) atoms. The highest BCUT2D eigenvalue weighted by atomic mass is 16.6. The van der Waals surface area contributed by atoms with E-state index < -0.39 is 11.9 Å². The largest absolute Gasteiger partial charge is 0.423 e. The van der Waals surface area contributed by atoms with Crippen LogP contribution in [0.4, 0.5) is 0 Å². The summed E-state index contributed by atoms with van der Waals surface area (Å²) >= 11 is 0. The Bertz CT molecular complexity index is 818. The van der Waals surface area contributed by atoms with Crippen LogP contribution in [0.2, 0.25) is 0 Å². The number of carbonyl (C=O) groups is 3. The number of benzene rings is 1. The number of rotatable bonds is 2. The van der Waals surface area contributed by atoms with Gasteiger partial charge in [-0.25, -0.2) is 0 Å². The van der Waals surface area contributed by atoms with Gasteiger partial charge in [0.15, 0.2) is 17.3 Å². The molecule has 2 aliphatic carbocycles. The predicted molar refractivity (Wildman–Crippen MR) is 91.8 cm³/mol. The molecule has 0 N–H and O–H groups in total. The molecule has 0 spiro atoms. The summed E-state index contributed by atoms with van der Waals surface area (Å²) in [4.78, 5) is 34.8. The van der Waals surface area contributed by atoms with Crippen molar-refractivity contribution in [1.82, 2.24) is 0 Å². The molecule has 0 saturated heterocycles. The average molecular weight is 342 g/mol. The van der Waals surface area contributed by atoms with Gasteiger partial charge < -0.3 is 9.47 Å². The van der Waals surface area contributed by atoms with Crippen LogP contribution in [0.15, 0.2) is 17.7 Å². The van der Waals surface area contributed by atoms with Crippen LogP contribution in [0.3, 0.4) is 0 Å². The van der Waals surface area contributed by atoms with Gasteiger partial charge in [-0.05, 0) is 55.0 Å². The smallest absolute Gasteiger partial charge is 0.308 e. The van der Waals surface area contributed by atoms with Crippen molar-refractivity contribution in [2.75, 3.05) is 0 Å². The van der Waals surface area contributed by atoms with E-state index in [0.29, 0.717) is 12.2 Å². The van der Waals surface area contributed by atoms with Crippen molar-refractivity contribution < 1.29 is 23.9 Å². The van der Waals surface area contributed by atoms with Gasteiger partial charge in [0.1, 0.15) is 0 Å². The van der Waals surface area contributed by atoms with Gasteiger partial charge in [-0.1, -0.05) is 12.5 Å². The molecule has 5 heteroatoms. The maximum Gasteiger partial charge on any atom is 0.308 e. The fourth-order valence-corrected chi connectivity index (χ4v) is 4.00. The molecule has 1 atom stereocenters.